The molecule has 0 bridgehead atoms. The third-order valence-electron chi connectivity index (χ3n) is 5.64. The molecule has 1 aliphatic heterocycles. The summed E-state index contributed by atoms with van der Waals surface area (Å²) in [6.45, 7) is 2.93. The van der Waals surface area contributed by atoms with E-state index in [-0.39, 0.29) is 11.4 Å². The van der Waals surface area contributed by atoms with Gasteiger partial charge >= 0.3 is 5.97 Å². The summed E-state index contributed by atoms with van der Waals surface area (Å²) in [7, 11) is 2.98. The number of carboxylic acid groups (broad SMARTS) is 1. The highest BCUT2D eigenvalue weighted by Gasteiger charge is 2.29. The summed E-state index contributed by atoms with van der Waals surface area (Å²) < 4.78 is 24.0. The number of carboxylic acids is 1. The molecule has 2 heterocycles. The Morgan fingerprint density at radius 2 is 1.88 bits per heavy atom. The first-order chi connectivity index (χ1) is 15.8. The van der Waals surface area contributed by atoms with Gasteiger partial charge < -0.3 is 24.8 Å². The number of carbonyl (C=O) groups excluding carboxylic acids is 1. The third kappa shape index (κ3) is 4.36. The van der Waals surface area contributed by atoms with E-state index in [2.05, 4.69) is 10.2 Å². The van der Waals surface area contributed by atoms with Gasteiger partial charge in [-0.05, 0) is 60.9 Å². The minimum atomic E-state index is -1.08. The predicted octanol–water partition coefficient (Wildman–Crippen LogP) is 4.73. The highest BCUT2D eigenvalue weighted by atomic mass is 32.1. The fourth-order valence-electron chi connectivity index (χ4n) is 4.05. The molecular formula is C24H23FN2O5S. The van der Waals surface area contributed by atoms with E-state index in [0.29, 0.717) is 41.6 Å². The van der Waals surface area contributed by atoms with Gasteiger partial charge in [0.2, 0.25) is 0 Å². The van der Waals surface area contributed by atoms with Crippen LogP contribution in [-0.4, -0.2) is 37.7 Å². The summed E-state index contributed by atoms with van der Waals surface area (Å²) in [4.78, 5) is 27.9. The molecule has 2 N–H and O–H groups in total. The van der Waals surface area contributed by atoms with Crippen LogP contribution in [-0.2, 0) is 13.0 Å². The Balaban J connectivity index is 1.62. The SMILES string of the molecule is COc1ccc(C(=O)Nc2sc3c(c2C(=O)O)CCN(c2ccc(F)cc2C)C3)cc1OC. The molecule has 0 saturated carbocycles. The number of fused-ring (bicyclic) bond motifs is 1. The first-order valence-corrected chi connectivity index (χ1v) is 11.1. The molecule has 1 aromatic heterocycles. The highest BCUT2D eigenvalue weighted by Crippen LogP contribution is 2.39. The molecule has 0 unspecified atom stereocenters. The number of anilines is 2. The van der Waals surface area contributed by atoms with Gasteiger partial charge in [0.15, 0.2) is 11.5 Å². The van der Waals surface area contributed by atoms with E-state index in [1.807, 2.05) is 6.92 Å². The summed E-state index contributed by atoms with van der Waals surface area (Å²) in [5.41, 5.74) is 2.89. The lowest BCUT2D eigenvalue weighted by Gasteiger charge is -2.30. The largest absolute Gasteiger partial charge is 0.493 e. The summed E-state index contributed by atoms with van der Waals surface area (Å²) >= 11 is 1.25. The Labute approximate surface area is 194 Å². The Kier molecular flexibility index (Phi) is 6.24. The van der Waals surface area contributed by atoms with Crippen LogP contribution in [0.1, 0.15) is 36.7 Å². The average Bonchev–Trinajstić information content (AvgIpc) is 3.15. The maximum Gasteiger partial charge on any atom is 0.339 e. The number of methoxy groups -OCH3 is 2. The molecule has 0 spiro atoms. The number of aryl methyl sites for hydroxylation is 1. The molecule has 172 valence electrons. The van der Waals surface area contributed by atoms with Crippen LogP contribution in [0.15, 0.2) is 36.4 Å². The van der Waals surface area contributed by atoms with Crippen molar-refractivity contribution < 1.29 is 28.6 Å². The maximum absolute atomic E-state index is 13.5. The monoisotopic (exact) mass is 470 g/mol. The zero-order valence-electron chi connectivity index (χ0n) is 18.4. The van der Waals surface area contributed by atoms with Gasteiger partial charge in [-0.25, -0.2) is 9.18 Å². The summed E-state index contributed by atoms with van der Waals surface area (Å²) in [6.07, 6.45) is 0.510. The van der Waals surface area contributed by atoms with Crippen molar-refractivity contribution in [1.29, 1.82) is 0 Å². The van der Waals surface area contributed by atoms with E-state index in [1.165, 1.54) is 37.7 Å². The Morgan fingerprint density at radius 1 is 1.12 bits per heavy atom. The van der Waals surface area contributed by atoms with Gasteiger partial charge in [-0.3, -0.25) is 4.79 Å². The van der Waals surface area contributed by atoms with Crippen molar-refractivity contribution in [1.82, 2.24) is 0 Å². The van der Waals surface area contributed by atoms with Crippen LogP contribution in [0, 0.1) is 12.7 Å². The smallest absolute Gasteiger partial charge is 0.339 e. The van der Waals surface area contributed by atoms with Gasteiger partial charge in [-0.15, -0.1) is 11.3 Å². The summed E-state index contributed by atoms with van der Waals surface area (Å²) in [5, 5.41) is 12.9. The zero-order valence-corrected chi connectivity index (χ0v) is 19.2. The standard InChI is InChI=1S/C24H23FN2O5S/c1-13-10-15(25)5-6-17(13)27-9-8-16-20(12-27)33-23(21(16)24(29)30)26-22(28)14-4-7-18(31-2)19(11-14)32-3/h4-7,10-11H,8-9,12H2,1-3H3,(H,26,28)(H,29,30). The van der Waals surface area contributed by atoms with Crippen molar-refractivity contribution in [3.63, 3.8) is 0 Å². The van der Waals surface area contributed by atoms with Crippen LogP contribution in [0.2, 0.25) is 0 Å². The second-order valence-electron chi connectivity index (χ2n) is 7.64. The van der Waals surface area contributed by atoms with Crippen LogP contribution < -0.4 is 19.7 Å². The number of rotatable bonds is 6. The Bertz CT molecular complexity index is 1240. The zero-order chi connectivity index (χ0) is 23.7. The first-order valence-electron chi connectivity index (χ1n) is 10.2. The van der Waals surface area contributed by atoms with Crippen LogP contribution in [0.4, 0.5) is 15.1 Å². The Morgan fingerprint density at radius 3 is 2.55 bits per heavy atom. The van der Waals surface area contributed by atoms with Crippen LogP contribution in [0.25, 0.3) is 0 Å². The number of aromatic carboxylic acids is 1. The van der Waals surface area contributed by atoms with Crippen molar-refractivity contribution in [3.8, 4) is 11.5 Å². The quantitative estimate of drug-likeness (QED) is 0.542. The van der Waals surface area contributed by atoms with Crippen molar-refractivity contribution in [2.45, 2.75) is 19.9 Å². The number of hydrogen-bond donors (Lipinski definition) is 2. The second-order valence-corrected chi connectivity index (χ2v) is 8.74. The average molecular weight is 471 g/mol. The van der Waals surface area contributed by atoms with Crippen LogP contribution >= 0.6 is 11.3 Å². The van der Waals surface area contributed by atoms with E-state index in [9.17, 15) is 19.1 Å². The molecule has 4 rings (SSSR count). The number of ether oxygens (including phenoxy) is 2. The van der Waals surface area contributed by atoms with E-state index < -0.39 is 11.9 Å². The molecule has 0 radical (unpaired) electrons. The number of carbonyl (C=O) groups is 2. The molecule has 0 saturated heterocycles. The molecule has 1 amide bonds. The molecule has 3 aromatic rings. The van der Waals surface area contributed by atoms with Crippen molar-refractivity contribution in [3.05, 3.63) is 69.3 Å². The fourth-order valence-corrected chi connectivity index (χ4v) is 5.30. The summed E-state index contributed by atoms with van der Waals surface area (Å²) in [5.74, 6) is -0.925. The lowest BCUT2D eigenvalue weighted by molar-refractivity contribution is 0.0697. The number of hydrogen-bond acceptors (Lipinski definition) is 6. The molecule has 0 atom stereocenters. The highest BCUT2D eigenvalue weighted by molar-refractivity contribution is 7.17. The van der Waals surface area contributed by atoms with Crippen molar-refractivity contribution >= 4 is 33.9 Å². The number of thiophene rings is 1. The lowest BCUT2D eigenvalue weighted by atomic mass is 10.0. The molecule has 7 nitrogen and oxygen atoms in total. The number of nitrogens with zero attached hydrogens (tertiary/aromatic N) is 1. The third-order valence-corrected chi connectivity index (χ3v) is 6.78. The molecular weight excluding hydrogens is 447 g/mol. The lowest BCUT2D eigenvalue weighted by Crippen LogP contribution is -2.30. The number of benzene rings is 2. The molecule has 1 aliphatic rings. The Hall–Kier alpha value is -3.59. The number of amides is 1. The minimum absolute atomic E-state index is 0.124. The number of nitrogens with one attached hydrogen (secondary N) is 1. The van der Waals surface area contributed by atoms with E-state index in [4.69, 9.17) is 9.47 Å². The molecule has 0 fully saturated rings. The van der Waals surface area contributed by atoms with Gasteiger partial charge in [-0.1, -0.05) is 0 Å². The van der Waals surface area contributed by atoms with Gasteiger partial charge in [0.1, 0.15) is 10.8 Å². The minimum Gasteiger partial charge on any atom is -0.493 e. The van der Waals surface area contributed by atoms with E-state index in [1.54, 1.807) is 24.3 Å². The van der Waals surface area contributed by atoms with Crippen LogP contribution in [0.3, 0.4) is 0 Å². The number of halogens is 1. The van der Waals surface area contributed by atoms with Crippen LogP contribution in [0.5, 0.6) is 11.5 Å². The normalized spacial score (nSPS) is 12.8. The van der Waals surface area contributed by atoms with Gasteiger partial charge in [0.25, 0.3) is 5.91 Å². The molecule has 9 heteroatoms. The van der Waals surface area contributed by atoms with Gasteiger partial charge in [0.05, 0.1) is 26.3 Å². The van der Waals surface area contributed by atoms with Gasteiger partial charge in [-0.2, -0.15) is 0 Å². The molecule has 2 aromatic carbocycles. The first kappa shape index (κ1) is 22.6. The second kappa shape index (κ2) is 9.11. The van der Waals surface area contributed by atoms with Crippen molar-refractivity contribution in [2.75, 3.05) is 31.0 Å². The van der Waals surface area contributed by atoms with Gasteiger partial charge in [0, 0.05) is 22.7 Å². The van der Waals surface area contributed by atoms with Crippen molar-refractivity contribution in [2.24, 2.45) is 0 Å². The molecule has 0 aliphatic carbocycles. The van der Waals surface area contributed by atoms with E-state index >= 15 is 0 Å². The molecule has 33 heavy (non-hydrogen) atoms. The fraction of sp³-hybridized carbons (Fsp3) is 0.250. The topological polar surface area (TPSA) is 88.1 Å². The predicted molar refractivity (Wildman–Crippen MR) is 125 cm³/mol. The maximum atomic E-state index is 13.5. The summed E-state index contributed by atoms with van der Waals surface area (Å²) in [6, 6.07) is 9.39. The van der Waals surface area contributed by atoms with E-state index in [0.717, 1.165) is 21.7 Å².